The van der Waals surface area contributed by atoms with Crippen LogP contribution in [0.15, 0.2) is 24.3 Å². The molecule has 2 rings (SSSR count). The monoisotopic (exact) mass is 299 g/mol. The summed E-state index contributed by atoms with van der Waals surface area (Å²) in [5, 5.41) is 2.85. The van der Waals surface area contributed by atoms with Crippen molar-refractivity contribution in [1.82, 2.24) is 5.32 Å². The minimum Gasteiger partial charge on any atom is -0.350 e. The molecule has 1 aromatic carbocycles. The van der Waals surface area contributed by atoms with Crippen molar-refractivity contribution in [3.63, 3.8) is 0 Å². The van der Waals surface area contributed by atoms with Crippen molar-refractivity contribution in [2.45, 2.75) is 36.6 Å². The highest BCUT2D eigenvalue weighted by molar-refractivity contribution is 6.44. The largest absolute Gasteiger partial charge is 0.350 e. The van der Waals surface area contributed by atoms with Gasteiger partial charge >= 0.3 is 0 Å². The van der Waals surface area contributed by atoms with E-state index in [4.69, 9.17) is 23.2 Å². The van der Waals surface area contributed by atoms with Gasteiger partial charge in [-0.05, 0) is 25.0 Å². The topological polar surface area (TPSA) is 46.2 Å². The number of alkyl halides is 2. The fourth-order valence-electron chi connectivity index (χ4n) is 2.42. The normalized spacial score (nSPS) is 22.5. The lowest BCUT2D eigenvalue weighted by Gasteiger charge is -2.34. The molecule has 19 heavy (non-hydrogen) atoms. The average molecular weight is 300 g/mol. The van der Waals surface area contributed by atoms with Crippen LogP contribution < -0.4 is 5.32 Å². The van der Waals surface area contributed by atoms with Gasteiger partial charge in [-0.1, -0.05) is 24.3 Å². The zero-order valence-corrected chi connectivity index (χ0v) is 12.3. The van der Waals surface area contributed by atoms with E-state index in [-0.39, 0.29) is 11.7 Å². The minimum atomic E-state index is -0.816. The first-order valence-corrected chi connectivity index (χ1v) is 6.91. The first kappa shape index (κ1) is 14.4. The third-order valence-electron chi connectivity index (χ3n) is 3.20. The van der Waals surface area contributed by atoms with Crippen molar-refractivity contribution in [3.8, 4) is 0 Å². The molecule has 1 aliphatic heterocycles. The highest BCUT2D eigenvalue weighted by atomic mass is 35.5. The van der Waals surface area contributed by atoms with Crippen LogP contribution in [-0.4, -0.2) is 17.2 Å². The Morgan fingerprint density at radius 3 is 2.47 bits per heavy atom. The summed E-state index contributed by atoms with van der Waals surface area (Å²) in [5.74, 6) is -1.21. The molecule has 102 valence electrons. The zero-order valence-electron chi connectivity index (χ0n) is 10.7. The molecule has 5 heteroatoms. The van der Waals surface area contributed by atoms with Crippen LogP contribution in [-0.2, 0) is 9.59 Å². The third kappa shape index (κ3) is 2.93. The third-order valence-corrected chi connectivity index (χ3v) is 3.67. The van der Waals surface area contributed by atoms with Gasteiger partial charge in [0.05, 0.1) is 0 Å². The lowest BCUT2D eigenvalue weighted by molar-refractivity contribution is -0.136. The number of carbonyl (C=O) groups excluding carboxylic acids is 2. The van der Waals surface area contributed by atoms with Crippen LogP contribution in [0, 0.1) is 0 Å². The number of halogens is 2. The summed E-state index contributed by atoms with van der Waals surface area (Å²) in [6, 6.07) is 7.02. The number of rotatable bonds is 2. The molecular weight excluding hydrogens is 285 g/mol. The number of benzene rings is 1. The van der Waals surface area contributed by atoms with Crippen LogP contribution in [0.25, 0.3) is 0 Å². The molecular formula is C14H15Cl2NO2. The van der Waals surface area contributed by atoms with Gasteiger partial charge in [0.25, 0.3) is 0 Å². The Kier molecular flexibility index (Phi) is 3.88. The summed E-state index contributed by atoms with van der Waals surface area (Å²) in [6.07, 6.45) is 0.299. The van der Waals surface area contributed by atoms with Gasteiger partial charge in [0, 0.05) is 12.0 Å². The summed E-state index contributed by atoms with van der Waals surface area (Å²) in [5.41, 5.74) is 0.704. The lowest BCUT2D eigenvalue weighted by Crippen LogP contribution is -2.54. The van der Waals surface area contributed by atoms with E-state index in [2.05, 4.69) is 5.32 Å². The van der Waals surface area contributed by atoms with Gasteiger partial charge < -0.3 is 5.32 Å². The summed E-state index contributed by atoms with van der Waals surface area (Å²) < 4.78 is 0. The second-order valence-corrected chi connectivity index (χ2v) is 6.48. The average Bonchev–Trinajstić information content (AvgIpc) is 2.26. The molecule has 0 spiro atoms. The van der Waals surface area contributed by atoms with E-state index in [1.807, 2.05) is 13.8 Å². The standard InChI is InChI=1S/C14H15Cl2NO2/c1-14(2)7-10(18)11(13(19)17-14)8-5-3-4-6-9(8)12(15)16/h3-6,11-12H,7H2,1-2H3,(H,17,19). The van der Waals surface area contributed by atoms with Crippen LogP contribution in [0.4, 0.5) is 0 Å². The molecule has 1 aromatic rings. The number of ketones is 1. The lowest BCUT2D eigenvalue weighted by atomic mass is 9.80. The van der Waals surface area contributed by atoms with Crippen molar-refractivity contribution >= 4 is 34.9 Å². The molecule has 0 aliphatic carbocycles. The molecule has 0 aromatic heterocycles. The fourth-order valence-corrected chi connectivity index (χ4v) is 2.82. The van der Waals surface area contributed by atoms with E-state index in [9.17, 15) is 9.59 Å². The van der Waals surface area contributed by atoms with Crippen LogP contribution in [0.1, 0.15) is 42.1 Å². The molecule has 1 fully saturated rings. The van der Waals surface area contributed by atoms with Crippen molar-refractivity contribution < 1.29 is 9.59 Å². The van der Waals surface area contributed by atoms with Crippen LogP contribution in [0.2, 0.25) is 0 Å². The maximum atomic E-state index is 12.2. The smallest absolute Gasteiger partial charge is 0.235 e. The highest BCUT2D eigenvalue weighted by Crippen LogP contribution is 2.35. The van der Waals surface area contributed by atoms with Crippen molar-refractivity contribution in [3.05, 3.63) is 35.4 Å². The summed E-state index contributed by atoms with van der Waals surface area (Å²) >= 11 is 11.8. The van der Waals surface area contributed by atoms with E-state index >= 15 is 0 Å². The van der Waals surface area contributed by atoms with Gasteiger partial charge in [-0.2, -0.15) is 0 Å². The maximum absolute atomic E-state index is 12.2. The maximum Gasteiger partial charge on any atom is 0.235 e. The van der Waals surface area contributed by atoms with Crippen LogP contribution in [0.5, 0.6) is 0 Å². The Morgan fingerprint density at radius 2 is 1.89 bits per heavy atom. The van der Waals surface area contributed by atoms with Gasteiger partial charge in [0.2, 0.25) is 5.91 Å². The fraction of sp³-hybridized carbons (Fsp3) is 0.429. The molecule has 0 saturated carbocycles. The number of piperidine rings is 1. The number of carbonyl (C=O) groups is 2. The van der Waals surface area contributed by atoms with Gasteiger partial charge in [-0.25, -0.2) is 0 Å². The van der Waals surface area contributed by atoms with Gasteiger partial charge in [0.1, 0.15) is 10.8 Å². The Labute approximate surface area is 122 Å². The summed E-state index contributed by atoms with van der Waals surface area (Å²) in [6.45, 7) is 3.66. The van der Waals surface area contributed by atoms with Gasteiger partial charge in [0.15, 0.2) is 5.78 Å². The molecule has 1 unspecified atom stereocenters. The zero-order chi connectivity index (χ0) is 14.2. The molecule has 0 radical (unpaired) electrons. The van der Waals surface area contributed by atoms with Crippen molar-refractivity contribution in [2.24, 2.45) is 0 Å². The first-order valence-electron chi connectivity index (χ1n) is 6.03. The molecule has 1 amide bonds. The highest BCUT2D eigenvalue weighted by Gasteiger charge is 2.41. The van der Waals surface area contributed by atoms with Crippen molar-refractivity contribution in [1.29, 1.82) is 0 Å². The molecule has 1 N–H and O–H groups in total. The number of Topliss-reactive ketones (excluding diaryl/α,β-unsaturated/α-hetero) is 1. The Hall–Kier alpha value is -1.06. The SMILES string of the molecule is CC1(C)CC(=O)C(c2ccccc2C(Cl)Cl)C(=O)N1. The quantitative estimate of drug-likeness (QED) is 0.674. The second kappa shape index (κ2) is 5.14. The molecule has 1 atom stereocenters. The molecule has 1 saturated heterocycles. The van der Waals surface area contributed by atoms with E-state index in [1.165, 1.54) is 0 Å². The minimum absolute atomic E-state index is 0.102. The van der Waals surface area contributed by atoms with Crippen molar-refractivity contribution in [2.75, 3.05) is 0 Å². The molecule has 1 aliphatic rings. The van der Waals surface area contributed by atoms with Gasteiger partial charge in [-0.15, -0.1) is 23.2 Å². The van der Waals surface area contributed by atoms with Gasteiger partial charge in [-0.3, -0.25) is 9.59 Å². The number of hydrogen-bond acceptors (Lipinski definition) is 2. The van der Waals surface area contributed by atoms with Crippen LogP contribution >= 0.6 is 23.2 Å². The van der Waals surface area contributed by atoms with Crippen LogP contribution in [0.3, 0.4) is 0 Å². The van der Waals surface area contributed by atoms with E-state index in [0.717, 1.165) is 0 Å². The van der Waals surface area contributed by atoms with E-state index < -0.39 is 16.3 Å². The number of hydrogen-bond donors (Lipinski definition) is 1. The molecule has 3 nitrogen and oxygen atoms in total. The Bertz CT molecular complexity index is 506. The Balaban J connectivity index is 2.42. The molecule has 0 bridgehead atoms. The Morgan fingerprint density at radius 1 is 1.26 bits per heavy atom. The predicted molar refractivity (Wildman–Crippen MR) is 75.5 cm³/mol. The molecule has 1 heterocycles. The summed E-state index contributed by atoms with van der Waals surface area (Å²) in [4.78, 5) is 23.7. The number of nitrogens with one attached hydrogen (secondary N) is 1. The first-order chi connectivity index (χ1) is 8.82. The number of amides is 1. The predicted octanol–water partition coefficient (Wildman–Crippen LogP) is 3.11. The second-order valence-electron chi connectivity index (χ2n) is 5.38. The van der Waals surface area contributed by atoms with E-state index in [1.54, 1.807) is 24.3 Å². The van der Waals surface area contributed by atoms with E-state index in [0.29, 0.717) is 17.5 Å². The summed E-state index contributed by atoms with van der Waals surface area (Å²) in [7, 11) is 0.